The van der Waals surface area contributed by atoms with Crippen molar-refractivity contribution in [1.29, 1.82) is 0 Å². The number of amides is 1. The summed E-state index contributed by atoms with van der Waals surface area (Å²) in [5.41, 5.74) is 1.21. The molecule has 0 N–H and O–H groups in total. The molecule has 1 heterocycles. The second kappa shape index (κ2) is 7.23. The summed E-state index contributed by atoms with van der Waals surface area (Å²) in [5.74, 6) is 1.38. The third-order valence-electron chi connectivity index (χ3n) is 4.23. The number of benzene rings is 1. The summed E-state index contributed by atoms with van der Waals surface area (Å²) in [6.07, 6.45) is 1.58. The Morgan fingerprint density at radius 2 is 1.74 bits per heavy atom. The van der Waals surface area contributed by atoms with Crippen molar-refractivity contribution in [3.05, 3.63) is 35.9 Å². The van der Waals surface area contributed by atoms with Crippen LogP contribution in [0.15, 0.2) is 30.3 Å². The maximum atomic E-state index is 12.2. The molecule has 2 fully saturated rings. The Hall–Kier alpha value is -1.05. The van der Waals surface area contributed by atoms with Gasteiger partial charge in [-0.2, -0.15) is 4.31 Å². The van der Waals surface area contributed by atoms with Crippen LogP contribution in [0.4, 0.5) is 0 Å². The van der Waals surface area contributed by atoms with E-state index in [0.29, 0.717) is 31.9 Å². The lowest BCUT2D eigenvalue weighted by atomic mass is 10.2. The highest BCUT2D eigenvalue weighted by Crippen LogP contribution is 2.31. The Morgan fingerprint density at radius 1 is 1.09 bits per heavy atom. The summed E-state index contributed by atoms with van der Waals surface area (Å²) in [6.45, 7) is 1.90. The standard InChI is InChI=1S/C16H22N2O3S2/c19-16(13-22-12-14-4-2-1-3-5-14)17-8-10-18(11-9-17)23(20,21)15-6-7-15/h1-5,15H,6-13H2. The fraction of sp³-hybridized carbons (Fsp3) is 0.562. The van der Waals surface area contributed by atoms with Crippen LogP contribution >= 0.6 is 11.8 Å². The minimum absolute atomic E-state index is 0.106. The summed E-state index contributed by atoms with van der Waals surface area (Å²) < 4.78 is 25.9. The van der Waals surface area contributed by atoms with Gasteiger partial charge in [-0.05, 0) is 18.4 Å². The van der Waals surface area contributed by atoms with E-state index < -0.39 is 10.0 Å². The van der Waals surface area contributed by atoms with Crippen LogP contribution in [0.2, 0.25) is 0 Å². The average molecular weight is 354 g/mol. The topological polar surface area (TPSA) is 57.7 Å². The normalized spacial score (nSPS) is 19.7. The zero-order chi connectivity index (χ0) is 16.3. The molecule has 3 rings (SSSR count). The molecule has 0 aromatic heterocycles. The molecule has 0 radical (unpaired) electrons. The number of hydrogen-bond donors (Lipinski definition) is 0. The summed E-state index contributed by atoms with van der Waals surface area (Å²) in [5, 5.41) is -0.161. The zero-order valence-electron chi connectivity index (χ0n) is 13.1. The molecule has 1 amide bonds. The Bertz CT molecular complexity index is 637. The van der Waals surface area contributed by atoms with Crippen molar-refractivity contribution in [2.24, 2.45) is 0 Å². The van der Waals surface area contributed by atoms with Crippen LogP contribution in [0, 0.1) is 0 Å². The van der Waals surface area contributed by atoms with Crippen molar-refractivity contribution >= 4 is 27.7 Å². The van der Waals surface area contributed by atoms with Crippen molar-refractivity contribution in [2.45, 2.75) is 23.8 Å². The molecule has 1 aliphatic carbocycles. The number of carbonyl (C=O) groups excluding carboxylic acids is 1. The second-order valence-electron chi connectivity index (χ2n) is 6.00. The molecule has 1 saturated heterocycles. The Kier molecular flexibility index (Phi) is 5.28. The summed E-state index contributed by atoms with van der Waals surface area (Å²) in [4.78, 5) is 14.0. The highest BCUT2D eigenvalue weighted by Gasteiger charge is 2.41. The van der Waals surface area contributed by atoms with Gasteiger partial charge in [0.2, 0.25) is 15.9 Å². The molecule has 0 bridgehead atoms. The van der Waals surface area contributed by atoms with Crippen LogP contribution in [-0.2, 0) is 20.6 Å². The SMILES string of the molecule is O=C(CSCc1ccccc1)N1CCN(S(=O)(=O)C2CC2)CC1. The van der Waals surface area contributed by atoms with Crippen molar-refractivity contribution in [1.82, 2.24) is 9.21 Å². The zero-order valence-corrected chi connectivity index (χ0v) is 14.7. The monoisotopic (exact) mass is 354 g/mol. The number of thioether (sulfide) groups is 1. The fourth-order valence-electron chi connectivity index (χ4n) is 2.69. The number of nitrogens with zero attached hydrogens (tertiary/aromatic N) is 2. The molecule has 126 valence electrons. The largest absolute Gasteiger partial charge is 0.339 e. The molecule has 23 heavy (non-hydrogen) atoms. The van der Waals surface area contributed by atoms with Crippen molar-refractivity contribution in [3.63, 3.8) is 0 Å². The van der Waals surface area contributed by atoms with Gasteiger partial charge in [0.25, 0.3) is 0 Å². The maximum Gasteiger partial charge on any atom is 0.232 e. The van der Waals surface area contributed by atoms with Crippen LogP contribution in [0.25, 0.3) is 0 Å². The molecule has 1 aromatic carbocycles. The molecular formula is C16H22N2O3S2. The Morgan fingerprint density at radius 3 is 2.35 bits per heavy atom. The second-order valence-corrected chi connectivity index (χ2v) is 9.20. The Labute approximate surface area is 142 Å². The number of piperazine rings is 1. The van der Waals surface area contributed by atoms with Gasteiger partial charge in [0, 0.05) is 31.9 Å². The van der Waals surface area contributed by atoms with E-state index in [4.69, 9.17) is 0 Å². The smallest absolute Gasteiger partial charge is 0.232 e. The molecule has 1 aliphatic heterocycles. The van der Waals surface area contributed by atoms with E-state index in [0.717, 1.165) is 18.6 Å². The van der Waals surface area contributed by atoms with E-state index in [-0.39, 0.29) is 11.2 Å². The third kappa shape index (κ3) is 4.28. The lowest BCUT2D eigenvalue weighted by molar-refractivity contribution is -0.129. The van der Waals surface area contributed by atoms with Gasteiger partial charge in [0.05, 0.1) is 11.0 Å². The molecule has 0 spiro atoms. The molecule has 1 saturated carbocycles. The van der Waals surface area contributed by atoms with Crippen LogP contribution in [0.5, 0.6) is 0 Å². The van der Waals surface area contributed by atoms with Crippen molar-refractivity contribution in [2.75, 3.05) is 31.9 Å². The molecule has 5 nitrogen and oxygen atoms in total. The van der Waals surface area contributed by atoms with E-state index in [1.54, 1.807) is 21.0 Å². The predicted octanol–water partition coefficient (Wildman–Crippen LogP) is 1.56. The quantitative estimate of drug-likeness (QED) is 0.778. The first-order valence-electron chi connectivity index (χ1n) is 7.96. The fourth-order valence-corrected chi connectivity index (χ4v) is 5.40. The van der Waals surface area contributed by atoms with Crippen LogP contribution in [0.3, 0.4) is 0 Å². The predicted molar refractivity (Wildman–Crippen MR) is 92.7 cm³/mol. The molecule has 0 unspecified atom stereocenters. The average Bonchev–Trinajstić information content (AvgIpc) is 3.41. The first-order chi connectivity index (χ1) is 11.1. The summed E-state index contributed by atoms with van der Waals surface area (Å²) in [7, 11) is -3.10. The molecule has 2 aliphatic rings. The van der Waals surface area contributed by atoms with Gasteiger partial charge in [-0.3, -0.25) is 4.79 Å². The van der Waals surface area contributed by atoms with Gasteiger partial charge in [0.15, 0.2) is 0 Å². The minimum Gasteiger partial charge on any atom is -0.339 e. The summed E-state index contributed by atoms with van der Waals surface area (Å²) >= 11 is 1.61. The van der Waals surface area contributed by atoms with Crippen LogP contribution in [-0.4, -0.2) is 60.7 Å². The molecule has 7 heteroatoms. The van der Waals surface area contributed by atoms with Crippen molar-refractivity contribution < 1.29 is 13.2 Å². The van der Waals surface area contributed by atoms with E-state index >= 15 is 0 Å². The van der Waals surface area contributed by atoms with Gasteiger partial charge in [-0.1, -0.05) is 30.3 Å². The highest BCUT2D eigenvalue weighted by atomic mass is 32.2. The number of hydrogen-bond acceptors (Lipinski definition) is 4. The van der Waals surface area contributed by atoms with Crippen LogP contribution < -0.4 is 0 Å². The van der Waals surface area contributed by atoms with E-state index in [9.17, 15) is 13.2 Å². The Balaban J connectivity index is 1.41. The lowest BCUT2D eigenvalue weighted by Gasteiger charge is -2.34. The van der Waals surface area contributed by atoms with E-state index in [1.807, 2.05) is 18.2 Å². The summed E-state index contributed by atoms with van der Waals surface area (Å²) in [6, 6.07) is 10.1. The molecule has 1 aromatic rings. The first-order valence-corrected chi connectivity index (χ1v) is 10.6. The molecular weight excluding hydrogens is 332 g/mol. The maximum absolute atomic E-state index is 12.2. The number of sulfonamides is 1. The van der Waals surface area contributed by atoms with E-state index in [2.05, 4.69) is 12.1 Å². The van der Waals surface area contributed by atoms with Crippen LogP contribution in [0.1, 0.15) is 18.4 Å². The van der Waals surface area contributed by atoms with E-state index in [1.165, 1.54) is 5.56 Å². The highest BCUT2D eigenvalue weighted by molar-refractivity contribution is 7.99. The first kappa shape index (κ1) is 16.8. The van der Waals surface area contributed by atoms with Gasteiger partial charge in [-0.25, -0.2) is 8.42 Å². The van der Waals surface area contributed by atoms with Gasteiger partial charge in [0.1, 0.15) is 0 Å². The van der Waals surface area contributed by atoms with Crippen molar-refractivity contribution in [3.8, 4) is 0 Å². The third-order valence-corrected chi connectivity index (χ3v) is 7.62. The molecule has 0 atom stereocenters. The number of rotatable bonds is 6. The van der Waals surface area contributed by atoms with Gasteiger partial charge < -0.3 is 4.90 Å². The lowest BCUT2D eigenvalue weighted by Crippen LogP contribution is -2.51. The van der Waals surface area contributed by atoms with Gasteiger partial charge in [-0.15, -0.1) is 11.8 Å². The van der Waals surface area contributed by atoms with Gasteiger partial charge >= 0.3 is 0 Å². The number of carbonyl (C=O) groups is 1. The minimum atomic E-state index is -3.10.